The van der Waals surface area contributed by atoms with Crippen LogP contribution < -0.4 is 11.1 Å². The number of rotatable bonds is 6. The number of piperidine rings is 1. The molecule has 0 bridgehead atoms. The second kappa shape index (κ2) is 8.68. The van der Waals surface area contributed by atoms with Crippen molar-refractivity contribution in [2.75, 3.05) is 18.4 Å². The van der Waals surface area contributed by atoms with Crippen molar-refractivity contribution in [2.45, 2.75) is 26.3 Å². The molecule has 0 aliphatic carbocycles. The number of para-hydroxylation sites is 1. The number of likely N-dealkylation sites (tertiary alicyclic amines) is 1. The molecular weight excluding hydrogens is 342 g/mol. The molecular formula is C21H25N3O3. The van der Waals surface area contributed by atoms with Crippen LogP contribution in [-0.4, -0.2) is 29.8 Å². The first-order valence-corrected chi connectivity index (χ1v) is 9.16. The zero-order chi connectivity index (χ0) is 19.2. The van der Waals surface area contributed by atoms with Crippen LogP contribution in [0.4, 0.5) is 5.69 Å². The molecule has 0 saturated carbocycles. The molecule has 6 heteroatoms. The fourth-order valence-electron chi connectivity index (χ4n) is 3.33. The molecule has 1 aliphatic rings. The van der Waals surface area contributed by atoms with Gasteiger partial charge in [-0.25, -0.2) is 0 Å². The first-order valence-electron chi connectivity index (χ1n) is 9.16. The third-order valence-corrected chi connectivity index (χ3v) is 4.74. The summed E-state index contributed by atoms with van der Waals surface area (Å²) in [4.78, 5) is 26.0. The predicted molar refractivity (Wildman–Crippen MR) is 105 cm³/mol. The van der Waals surface area contributed by atoms with Crippen molar-refractivity contribution < 1.29 is 14.0 Å². The van der Waals surface area contributed by atoms with E-state index >= 15 is 0 Å². The lowest BCUT2D eigenvalue weighted by Gasteiger charge is -2.31. The largest absolute Gasteiger partial charge is 0.462 e. The molecule has 0 radical (unpaired) electrons. The third kappa shape index (κ3) is 5.31. The van der Waals surface area contributed by atoms with Crippen LogP contribution in [0.2, 0.25) is 0 Å². The van der Waals surface area contributed by atoms with Gasteiger partial charge in [0.1, 0.15) is 11.5 Å². The van der Waals surface area contributed by atoms with Gasteiger partial charge in [0.2, 0.25) is 11.8 Å². The average Bonchev–Trinajstić information content (AvgIpc) is 3.07. The van der Waals surface area contributed by atoms with Crippen molar-refractivity contribution in [3.8, 4) is 0 Å². The number of primary amides is 1. The predicted octanol–water partition coefficient (Wildman–Crippen LogP) is 2.94. The van der Waals surface area contributed by atoms with Gasteiger partial charge in [-0.15, -0.1) is 0 Å². The standard InChI is InChI=1S/C21H25N3O3/c1-15-8-9-18(27-15)10-11-20(25)23-19-7-3-2-5-16(19)13-24-12-4-6-17(14-24)21(22)26/h2-3,5,7-11,17H,4,6,12-14H2,1H3,(H2,22,26)(H,23,25)/b11-10+. The van der Waals surface area contributed by atoms with Gasteiger partial charge in [0.05, 0.1) is 5.92 Å². The summed E-state index contributed by atoms with van der Waals surface area (Å²) in [6.07, 6.45) is 4.90. The van der Waals surface area contributed by atoms with E-state index in [1.807, 2.05) is 43.3 Å². The Bertz CT molecular complexity index is 841. The van der Waals surface area contributed by atoms with Gasteiger partial charge in [-0.05, 0) is 56.1 Å². The highest BCUT2D eigenvalue weighted by atomic mass is 16.3. The number of carbonyl (C=O) groups excluding carboxylic acids is 2. The number of nitrogens with one attached hydrogen (secondary N) is 1. The number of hydrogen-bond donors (Lipinski definition) is 2. The minimum Gasteiger partial charge on any atom is -0.462 e. The maximum atomic E-state index is 12.3. The van der Waals surface area contributed by atoms with E-state index in [0.717, 1.165) is 36.4 Å². The maximum Gasteiger partial charge on any atom is 0.248 e. The number of aryl methyl sites for hydroxylation is 1. The van der Waals surface area contributed by atoms with E-state index < -0.39 is 0 Å². The van der Waals surface area contributed by atoms with Gasteiger partial charge >= 0.3 is 0 Å². The second-order valence-corrected chi connectivity index (χ2v) is 6.90. The van der Waals surface area contributed by atoms with Gasteiger partial charge in [-0.2, -0.15) is 0 Å². The summed E-state index contributed by atoms with van der Waals surface area (Å²) in [7, 11) is 0. The van der Waals surface area contributed by atoms with E-state index in [-0.39, 0.29) is 17.7 Å². The minimum atomic E-state index is -0.236. The smallest absolute Gasteiger partial charge is 0.248 e. The zero-order valence-electron chi connectivity index (χ0n) is 15.5. The summed E-state index contributed by atoms with van der Waals surface area (Å²) in [5, 5.41) is 2.93. The number of nitrogens with zero attached hydrogens (tertiary/aromatic N) is 1. The molecule has 3 N–H and O–H groups in total. The first-order chi connectivity index (χ1) is 13.0. The Hall–Kier alpha value is -2.86. The molecule has 2 amide bonds. The van der Waals surface area contributed by atoms with Crippen LogP contribution in [0, 0.1) is 12.8 Å². The summed E-state index contributed by atoms with van der Waals surface area (Å²) in [5.74, 6) is 0.892. The summed E-state index contributed by atoms with van der Waals surface area (Å²) in [6, 6.07) is 11.4. The molecule has 1 fully saturated rings. The Kier molecular flexibility index (Phi) is 6.08. The van der Waals surface area contributed by atoms with E-state index in [1.165, 1.54) is 6.08 Å². The maximum absolute atomic E-state index is 12.3. The molecule has 0 spiro atoms. The quantitative estimate of drug-likeness (QED) is 0.768. The van der Waals surface area contributed by atoms with E-state index in [2.05, 4.69) is 10.2 Å². The van der Waals surface area contributed by atoms with Crippen molar-refractivity contribution >= 4 is 23.6 Å². The molecule has 1 saturated heterocycles. The van der Waals surface area contributed by atoms with Gasteiger partial charge in [0.15, 0.2) is 0 Å². The first kappa shape index (κ1) is 18.9. The van der Waals surface area contributed by atoms with Crippen LogP contribution in [0.5, 0.6) is 0 Å². The topological polar surface area (TPSA) is 88.6 Å². The van der Waals surface area contributed by atoms with E-state index in [9.17, 15) is 9.59 Å². The molecule has 3 rings (SSSR count). The molecule has 1 unspecified atom stereocenters. The van der Waals surface area contributed by atoms with Gasteiger partial charge in [-0.3, -0.25) is 14.5 Å². The highest BCUT2D eigenvalue weighted by Gasteiger charge is 2.24. The number of carbonyl (C=O) groups is 2. The normalized spacial score (nSPS) is 17.9. The second-order valence-electron chi connectivity index (χ2n) is 6.90. The number of anilines is 1. The summed E-state index contributed by atoms with van der Waals surface area (Å²) < 4.78 is 5.43. The lowest BCUT2D eigenvalue weighted by atomic mass is 9.97. The Morgan fingerprint density at radius 3 is 2.85 bits per heavy atom. The minimum absolute atomic E-state index is 0.0970. The lowest BCUT2D eigenvalue weighted by Crippen LogP contribution is -2.40. The molecule has 27 heavy (non-hydrogen) atoms. The molecule has 142 valence electrons. The van der Waals surface area contributed by atoms with Crippen molar-refractivity contribution in [3.63, 3.8) is 0 Å². The Labute approximate surface area is 159 Å². The number of furan rings is 1. The van der Waals surface area contributed by atoms with Crippen molar-refractivity contribution in [2.24, 2.45) is 11.7 Å². The highest BCUT2D eigenvalue weighted by molar-refractivity contribution is 6.02. The molecule has 1 aromatic carbocycles. The molecule has 2 heterocycles. The van der Waals surface area contributed by atoms with Crippen LogP contribution >= 0.6 is 0 Å². The zero-order valence-corrected chi connectivity index (χ0v) is 15.5. The number of nitrogens with two attached hydrogens (primary N) is 1. The monoisotopic (exact) mass is 367 g/mol. The Morgan fingerprint density at radius 2 is 2.11 bits per heavy atom. The summed E-state index contributed by atoms with van der Waals surface area (Å²) >= 11 is 0. The van der Waals surface area contributed by atoms with Gasteiger partial charge in [0.25, 0.3) is 0 Å². The fraction of sp³-hybridized carbons (Fsp3) is 0.333. The van der Waals surface area contributed by atoms with Crippen LogP contribution in [0.25, 0.3) is 6.08 Å². The third-order valence-electron chi connectivity index (χ3n) is 4.74. The van der Waals surface area contributed by atoms with E-state index in [4.69, 9.17) is 10.2 Å². The van der Waals surface area contributed by atoms with Gasteiger partial charge in [0, 0.05) is 24.9 Å². The van der Waals surface area contributed by atoms with Crippen LogP contribution in [0.15, 0.2) is 46.9 Å². The van der Waals surface area contributed by atoms with Crippen molar-refractivity contribution in [3.05, 3.63) is 59.6 Å². The Morgan fingerprint density at radius 1 is 1.30 bits per heavy atom. The Balaban J connectivity index is 1.64. The molecule has 1 aromatic heterocycles. The van der Waals surface area contributed by atoms with Gasteiger partial charge in [-0.1, -0.05) is 18.2 Å². The number of amides is 2. The molecule has 1 atom stereocenters. The number of benzene rings is 1. The molecule has 1 aliphatic heterocycles. The number of hydrogen-bond acceptors (Lipinski definition) is 4. The summed E-state index contributed by atoms with van der Waals surface area (Å²) in [5.41, 5.74) is 7.24. The van der Waals surface area contributed by atoms with Crippen LogP contribution in [0.1, 0.15) is 29.9 Å². The van der Waals surface area contributed by atoms with E-state index in [0.29, 0.717) is 18.8 Å². The van der Waals surface area contributed by atoms with Crippen molar-refractivity contribution in [1.82, 2.24) is 4.90 Å². The SMILES string of the molecule is Cc1ccc(/C=C/C(=O)Nc2ccccc2CN2CCCC(C(N)=O)C2)o1. The van der Waals surface area contributed by atoms with Crippen molar-refractivity contribution in [1.29, 1.82) is 0 Å². The average molecular weight is 367 g/mol. The van der Waals surface area contributed by atoms with E-state index in [1.54, 1.807) is 6.08 Å². The van der Waals surface area contributed by atoms with Crippen LogP contribution in [-0.2, 0) is 16.1 Å². The molecule has 2 aromatic rings. The van der Waals surface area contributed by atoms with Gasteiger partial charge < -0.3 is 15.5 Å². The van der Waals surface area contributed by atoms with Crippen LogP contribution in [0.3, 0.4) is 0 Å². The summed E-state index contributed by atoms with van der Waals surface area (Å²) in [6.45, 7) is 4.11. The highest BCUT2D eigenvalue weighted by Crippen LogP contribution is 2.22. The fourth-order valence-corrected chi connectivity index (χ4v) is 3.33. The molecule has 6 nitrogen and oxygen atoms in total. The lowest BCUT2D eigenvalue weighted by molar-refractivity contribution is -0.123.